The lowest BCUT2D eigenvalue weighted by Crippen LogP contribution is -2.08. The third-order valence-electron chi connectivity index (χ3n) is 1.93. The van der Waals surface area contributed by atoms with Gasteiger partial charge in [-0.05, 0) is 31.9 Å². The largest absolute Gasteiger partial charge is 0.396 e. The number of nitrogens with two attached hydrogens (primary N) is 1. The zero-order chi connectivity index (χ0) is 10.4. The van der Waals surface area contributed by atoms with Gasteiger partial charge in [0.1, 0.15) is 5.82 Å². The van der Waals surface area contributed by atoms with Crippen LogP contribution in [0.15, 0.2) is 18.3 Å². The normalized spacial score (nSPS) is 12.4. The van der Waals surface area contributed by atoms with Crippen LogP contribution in [-0.4, -0.2) is 22.7 Å². The van der Waals surface area contributed by atoms with Crippen molar-refractivity contribution in [2.24, 2.45) is 0 Å². The van der Waals surface area contributed by atoms with Gasteiger partial charge in [0.25, 0.3) is 0 Å². The topological polar surface area (TPSA) is 71.2 Å². The summed E-state index contributed by atoms with van der Waals surface area (Å²) in [5.74, 6) is 0.720. The summed E-state index contributed by atoms with van der Waals surface area (Å²) in [5.41, 5.74) is 6.35. The summed E-state index contributed by atoms with van der Waals surface area (Å²) in [5, 5.41) is 12.2. The molecule has 0 aliphatic carbocycles. The molecule has 0 saturated carbocycles. The molecule has 4 nitrogen and oxygen atoms in total. The van der Waals surface area contributed by atoms with Gasteiger partial charge in [-0.1, -0.05) is 0 Å². The van der Waals surface area contributed by atoms with Crippen LogP contribution >= 0.6 is 0 Å². The Morgan fingerprint density at radius 3 is 3.07 bits per heavy atom. The van der Waals surface area contributed by atoms with E-state index in [2.05, 4.69) is 10.3 Å². The Labute approximate surface area is 84.2 Å². The van der Waals surface area contributed by atoms with E-state index >= 15 is 0 Å². The van der Waals surface area contributed by atoms with Gasteiger partial charge >= 0.3 is 0 Å². The van der Waals surface area contributed by atoms with E-state index in [4.69, 9.17) is 10.8 Å². The lowest BCUT2D eigenvalue weighted by molar-refractivity contribution is 0.183. The van der Waals surface area contributed by atoms with Crippen molar-refractivity contribution in [2.45, 2.75) is 25.9 Å². The number of hydrogen-bond acceptors (Lipinski definition) is 4. The van der Waals surface area contributed by atoms with Crippen molar-refractivity contribution in [3.05, 3.63) is 18.3 Å². The first-order chi connectivity index (χ1) is 6.70. The highest BCUT2D eigenvalue weighted by atomic mass is 16.3. The van der Waals surface area contributed by atoms with Crippen molar-refractivity contribution < 1.29 is 5.11 Å². The molecule has 1 aromatic heterocycles. The number of pyridine rings is 1. The van der Waals surface area contributed by atoms with Gasteiger partial charge in [0.15, 0.2) is 0 Å². The molecule has 1 rings (SSSR count). The Kier molecular flexibility index (Phi) is 4.19. The number of hydrogen-bond donors (Lipinski definition) is 3. The summed E-state index contributed by atoms with van der Waals surface area (Å²) in [7, 11) is 0. The number of nitrogen functional groups attached to an aromatic ring is 1. The summed E-state index contributed by atoms with van der Waals surface area (Å²) in [6, 6.07) is 3.61. The number of anilines is 2. The van der Waals surface area contributed by atoms with Gasteiger partial charge in [-0.3, -0.25) is 0 Å². The second-order valence-electron chi connectivity index (χ2n) is 3.36. The highest BCUT2D eigenvalue weighted by Crippen LogP contribution is 2.12. The summed E-state index contributed by atoms with van der Waals surface area (Å²) in [4.78, 5) is 4.10. The maximum atomic E-state index is 9.04. The van der Waals surface area contributed by atoms with Gasteiger partial charge in [-0.15, -0.1) is 0 Å². The van der Waals surface area contributed by atoms with E-state index < -0.39 is 0 Å². The molecular weight excluding hydrogens is 178 g/mol. The fraction of sp³-hybridized carbons (Fsp3) is 0.500. The van der Waals surface area contributed by atoms with Gasteiger partial charge in [0.05, 0.1) is 11.8 Å². The average Bonchev–Trinajstić information content (AvgIpc) is 2.15. The first kappa shape index (κ1) is 10.8. The number of nitrogens with zero attached hydrogens (tertiary/aromatic N) is 1. The maximum absolute atomic E-state index is 9.04. The molecule has 78 valence electrons. The molecule has 4 heteroatoms. The van der Waals surface area contributed by atoms with Crippen molar-refractivity contribution in [3.63, 3.8) is 0 Å². The molecule has 1 atom stereocenters. The highest BCUT2D eigenvalue weighted by molar-refractivity contribution is 5.60. The Hall–Kier alpha value is -1.29. The van der Waals surface area contributed by atoms with Crippen molar-refractivity contribution in [1.29, 1.82) is 0 Å². The van der Waals surface area contributed by atoms with E-state index in [0.29, 0.717) is 5.69 Å². The van der Waals surface area contributed by atoms with E-state index in [0.717, 1.165) is 25.2 Å². The Balaban J connectivity index is 2.28. The molecule has 0 radical (unpaired) electrons. The molecule has 4 N–H and O–H groups in total. The van der Waals surface area contributed by atoms with Gasteiger partial charge < -0.3 is 16.2 Å². The molecule has 1 aromatic rings. The summed E-state index contributed by atoms with van der Waals surface area (Å²) in [6.45, 7) is 2.57. The van der Waals surface area contributed by atoms with Crippen molar-refractivity contribution in [3.8, 4) is 0 Å². The van der Waals surface area contributed by atoms with E-state index in [-0.39, 0.29) is 6.10 Å². The van der Waals surface area contributed by atoms with Gasteiger partial charge in [0, 0.05) is 12.7 Å². The summed E-state index contributed by atoms with van der Waals surface area (Å²) < 4.78 is 0. The van der Waals surface area contributed by atoms with Crippen LogP contribution in [0.4, 0.5) is 11.5 Å². The second kappa shape index (κ2) is 5.44. The number of aliphatic hydroxyl groups is 1. The molecule has 0 saturated heterocycles. The first-order valence-electron chi connectivity index (χ1n) is 4.82. The van der Waals surface area contributed by atoms with Crippen LogP contribution in [-0.2, 0) is 0 Å². The fourth-order valence-corrected chi connectivity index (χ4v) is 1.17. The van der Waals surface area contributed by atoms with Gasteiger partial charge in [-0.25, -0.2) is 4.98 Å². The highest BCUT2D eigenvalue weighted by Gasteiger charge is 1.98. The molecule has 0 fully saturated rings. The zero-order valence-corrected chi connectivity index (χ0v) is 8.40. The number of rotatable bonds is 5. The summed E-state index contributed by atoms with van der Waals surface area (Å²) in [6.07, 6.45) is 3.17. The minimum Gasteiger partial charge on any atom is -0.396 e. The monoisotopic (exact) mass is 195 g/mol. The molecule has 14 heavy (non-hydrogen) atoms. The third-order valence-corrected chi connectivity index (χ3v) is 1.93. The van der Waals surface area contributed by atoms with Crippen LogP contribution in [0.5, 0.6) is 0 Å². The first-order valence-corrected chi connectivity index (χ1v) is 4.82. The van der Waals surface area contributed by atoms with Crippen LogP contribution in [0.3, 0.4) is 0 Å². The minimum atomic E-state index is -0.238. The molecule has 0 aliphatic heterocycles. The number of aliphatic hydroxyl groups excluding tert-OH is 1. The maximum Gasteiger partial charge on any atom is 0.149 e. The molecule has 0 aromatic carbocycles. The predicted molar refractivity (Wildman–Crippen MR) is 58.1 cm³/mol. The SMILES string of the molecule is CC(O)CCCNc1ncccc1N. The van der Waals surface area contributed by atoms with Crippen LogP contribution in [0.25, 0.3) is 0 Å². The molecule has 0 amide bonds. The lowest BCUT2D eigenvalue weighted by atomic mass is 10.2. The van der Waals surface area contributed by atoms with E-state index in [1.54, 1.807) is 19.2 Å². The quantitative estimate of drug-likeness (QED) is 0.618. The molecule has 0 bridgehead atoms. The van der Waals surface area contributed by atoms with E-state index in [9.17, 15) is 0 Å². The predicted octanol–water partition coefficient (Wildman–Crippen LogP) is 1.24. The zero-order valence-electron chi connectivity index (χ0n) is 8.40. The van der Waals surface area contributed by atoms with Crippen molar-refractivity contribution >= 4 is 11.5 Å². The van der Waals surface area contributed by atoms with Crippen LogP contribution in [0.1, 0.15) is 19.8 Å². The van der Waals surface area contributed by atoms with Crippen LogP contribution < -0.4 is 11.1 Å². The van der Waals surface area contributed by atoms with E-state index in [1.165, 1.54) is 0 Å². The molecule has 0 aliphatic rings. The number of aromatic nitrogens is 1. The molecule has 1 unspecified atom stereocenters. The fourth-order valence-electron chi connectivity index (χ4n) is 1.17. The van der Waals surface area contributed by atoms with Gasteiger partial charge in [0.2, 0.25) is 0 Å². The van der Waals surface area contributed by atoms with Crippen molar-refractivity contribution in [2.75, 3.05) is 17.6 Å². The van der Waals surface area contributed by atoms with Crippen molar-refractivity contribution in [1.82, 2.24) is 4.98 Å². The molecular formula is C10H17N3O. The Morgan fingerprint density at radius 2 is 2.43 bits per heavy atom. The minimum absolute atomic E-state index is 0.238. The average molecular weight is 195 g/mol. The smallest absolute Gasteiger partial charge is 0.149 e. The molecule has 1 heterocycles. The third kappa shape index (κ3) is 3.62. The Bertz CT molecular complexity index is 276. The van der Waals surface area contributed by atoms with Crippen LogP contribution in [0, 0.1) is 0 Å². The molecule has 0 spiro atoms. The Morgan fingerprint density at radius 1 is 1.64 bits per heavy atom. The number of nitrogens with one attached hydrogen (secondary N) is 1. The summed E-state index contributed by atoms with van der Waals surface area (Å²) >= 11 is 0. The second-order valence-corrected chi connectivity index (χ2v) is 3.36. The van der Waals surface area contributed by atoms with E-state index in [1.807, 2.05) is 6.07 Å². The van der Waals surface area contributed by atoms with Crippen LogP contribution in [0.2, 0.25) is 0 Å². The van der Waals surface area contributed by atoms with Gasteiger partial charge in [-0.2, -0.15) is 0 Å². The standard InChI is InChI=1S/C10H17N3O/c1-8(14)4-2-6-12-10-9(11)5-3-7-13-10/h3,5,7-8,14H,2,4,6,11H2,1H3,(H,12,13). The lowest BCUT2D eigenvalue weighted by Gasteiger charge is -2.08.